The third-order valence-corrected chi connectivity index (χ3v) is 13.6. The van der Waals surface area contributed by atoms with Crippen LogP contribution in [0.25, 0.3) is 0 Å². The SMILES string of the molecule is CCCCCCCCCC(=O)O[C@H](COC(=O)CCCCCCC)COP(=O)(O)OC[C@H](O)COP(=O)(O)OC[C@@H](COC(=O)CCCCCCCCC(C)C)OC(=O)CCCCCCCCCC(C)C. The van der Waals surface area contributed by atoms with Crippen molar-refractivity contribution in [3.8, 4) is 0 Å². The number of rotatable bonds is 51. The standard InChI is InChI=1S/C52H100O17P2/c1-7-9-11-13-15-24-30-36-51(56)68-47(40-62-49(54)34-28-20-12-10-8-2)42-66-70(58,59)64-38-46(53)39-65-71(60,61)67-43-48(41-63-50(55)35-29-23-19-18-22-27-33-45(5)6)69-52(57)37-31-25-17-14-16-21-26-32-44(3)4/h44-48,53H,7-43H2,1-6H3,(H,58,59)(H,60,61)/t46-,47+,48+/m0/s1. The van der Waals surface area contributed by atoms with E-state index < -0.39 is 97.5 Å². The third-order valence-electron chi connectivity index (χ3n) is 11.7. The van der Waals surface area contributed by atoms with Crippen LogP contribution in [-0.2, 0) is 65.4 Å². The zero-order chi connectivity index (χ0) is 53.0. The maximum Gasteiger partial charge on any atom is 0.472 e. The number of esters is 4. The van der Waals surface area contributed by atoms with Gasteiger partial charge in [-0.25, -0.2) is 9.13 Å². The predicted octanol–water partition coefficient (Wildman–Crippen LogP) is 13.0. The monoisotopic (exact) mass is 1060 g/mol. The fraction of sp³-hybridized carbons (Fsp3) is 0.923. The number of phosphoric acid groups is 2. The first-order valence-corrected chi connectivity index (χ1v) is 30.5. The molecule has 0 saturated heterocycles. The summed E-state index contributed by atoms with van der Waals surface area (Å²) in [4.78, 5) is 71.2. The fourth-order valence-electron chi connectivity index (χ4n) is 7.41. The lowest BCUT2D eigenvalue weighted by Gasteiger charge is -2.21. The summed E-state index contributed by atoms with van der Waals surface area (Å²) in [5, 5.41) is 10.4. The van der Waals surface area contributed by atoms with Gasteiger partial charge in [0.05, 0.1) is 26.4 Å². The molecule has 3 N–H and O–H groups in total. The van der Waals surface area contributed by atoms with E-state index in [0.717, 1.165) is 116 Å². The van der Waals surface area contributed by atoms with Crippen LogP contribution < -0.4 is 0 Å². The van der Waals surface area contributed by atoms with Gasteiger partial charge in [-0.2, -0.15) is 0 Å². The molecule has 0 spiro atoms. The van der Waals surface area contributed by atoms with Crippen molar-refractivity contribution in [3.05, 3.63) is 0 Å². The highest BCUT2D eigenvalue weighted by molar-refractivity contribution is 7.47. The molecule has 0 saturated carbocycles. The van der Waals surface area contributed by atoms with E-state index in [0.29, 0.717) is 37.5 Å². The van der Waals surface area contributed by atoms with E-state index in [2.05, 4.69) is 41.5 Å². The number of carbonyl (C=O) groups excluding carboxylic acids is 4. The van der Waals surface area contributed by atoms with Gasteiger partial charge in [0.1, 0.15) is 19.3 Å². The molecule has 0 amide bonds. The Bertz CT molecular complexity index is 1430. The van der Waals surface area contributed by atoms with Gasteiger partial charge in [-0.15, -0.1) is 0 Å². The summed E-state index contributed by atoms with van der Waals surface area (Å²) in [6.45, 7) is 9.11. The molecule has 0 aromatic rings. The number of aliphatic hydroxyl groups is 1. The molecule has 19 heteroatoms. The Kier molecular flexibility index (Phi) is 44.2. The molecule has 0 aromatic heterocycles. The third kappa shape index (κ3) is 47.5. The maximum atomic E-state index is 12.8. The fourth-order valence-corrected chi connectivity index (χ4v) is 8.99. The van der Waals surface area contributed by atoms with E-state index in [1.54, 1.807) is 0 Å². The van der Waals surface area contributed by atoms with Gasteiger partial charge in [0.2, 0.25) is 0 Å². The molecule has 71 heavy (non-hydrogen) atoms. The summed E-state index contributed by atoms with van der Waals surface area (Å²) in [6, 6.07) is 0. The lowest BCUT2D eigenvalue weighted by molar-refractivity contribution is -0.161. The average molecular weight is 1060 g/mol. The molecule has 0 bridgehead atoms. The smallest absolute Gasteiger partial charge is 0.462 e. The lowest BCUT2D eigenvalue weighted by atomic mass is 10.0. The number of ether oxygens (including phenoxy) is 4. The molecule has 5 atom stereocenters. The summed E-state index contributed by atoms with van der Waals surface area (Å²) in [7, 11) is -9.85. The normalized spacial score (nSPS) is 14.7. The van der Waals surface area contributed by atoms with Crippen LogP contribution >= 0.6 is 15.6 Å². The first kappa shape index (κ1) is 69.1. The van der Waals surface area contributed by atoms with E-state index >= 15 is 0 Å². The molecule has 17 nitrogen and oxygen atoms in total. The highest BCUT2D eigenvalue weighted by Gasteiger charge is 2.30. The van der Waals surface area contributed by atoms with Gasteiger partial charge in [0, 0.05) is 25.7 Å². The molecular formula is C52H100O17P2. The van der Waals surface area contributed by atoms with Crippen molar-refractivity contribution in [1.29, 1.82) is 0 Å². The van der Waals surface area contributed by atoms with Crippen LogP contribution in [0.4, 0.5) is 0 Å². The van der Waals surface area contributed by atoms with Gasteiger partial charge < -0.3 is 33.8 Å². The highest BCUT2D eigenvalue weighted by Crippen LogP contribution is 2.45. The summed E-state index contributed by atoms with van der Waals surface area (Å²) in [6.07, 6.45) is 23.3. The number of aliphatic hydroxyl groups excluding tert-OH is 1. The molecule has 0 fully saturated rings. The van der Waals surface area contributed by atoms with Crippen LogP contribution in [0.5, 0.6) is 0 Å². The molecule has 0 rings (SSSR count). The van der Waals surface area contributed by atoms with Crippen molar-refractivity contribution in [2.45, 2.75) is 259 Å². The minimum Gasteiger partial charge on any atom is -0.462 e. The molecule has 0 aliphatic carbocycles. The van der Waals surface area contributed by atoms with Gasteiger partial charge in [0.15, 0.2) is 12.2 Å². The Labute approximate surface area is 428 Å². The minimum atomic E-state index is -4.93. The molecule has 2 unspecified atom stereocenters. The predicted molar refractivity (Wildman–Crippen MR) is 275 cm³/mol. The van der Waals surface area contributed by atoms with E-state index in [4.69, 9.17) is 37.0 Å². The van der Waals surface area contributed by atoms with Crippen molar-refractivity contribution in [2.24, 2.45) is 11.8 Å². The Morgan fingerprint density at radius 3 is 0.958 bits per heavy atom. The van der Waals surface area contributed by atoms with E-state index in [9.17, 15) is 43.2 Å². The van der Waals surface area contributed by atoms with Gasteiger partial charge >= 0.3 is 39.5 Å². The van der Waals surface area contributed by atoms with Crippen molar-refractivity contribution >= 4 is 39.5 Å². The second kappa shape index (κ2) is 45.5. The Hall–Kier alpha value is -1.94. The van der Waals surface area contributed by atoms with Crippen LogP contribution in [0.1, 0.15) is 241 Å². The molecule has 0 aliphatic heterocycles. The zero-order valence-corrected chi connectivity index (χ0v) is 46.8. The second-order valence-corrected chi connectivity index (χ2v) is 22.8. The van der Waals surface area contributed by atoms with Crippen LogP contribution in [0.3, 0.4) is 0 Å². The topological polar surface area (TPSA) is 237 Å². The van der Waals surface area contributed by atoms with Crippen LogP contribution in [0, 0.1) is 11.8 Å². The van der Waals surface area contributed by atoms with Crippen molar-refractivity contribution < 1.29 is 80.2 Å². The number of carbonyl (C=O) groups is 4. The largest absolute Gasteiger partial charge is 0.472 e. The maximum absolute atomic E-state index is 12.8. The first-order chi connectivity index (χ1) is 33.9. The van der Waals surface area contributed by atoms with Crippen LogP contribution in [-0.4, -0.2) is 96.7 Å². The molecule has 0 heterocycles. The van der Waals surface area contributed by atoms with Crippen molar-refractivity contribution in [1.82, 2.24) is 0 Å². The van der Waals surface area contributed by atoms with Gasteiger partial charge in [-0.05, 0) is 37.5 Å². The average Bonchev–Trinajstić information content (AvgIpc) is 3.31. The molecule has 420 valence electrons. The first-order valence-electron chi connectivity index (χ1n) is 27.5. The zero-order valence-electron chi connectivity index (χ0n) is 45.0. The Morgan fingerprint density at radius 2 is 0.648 bits per heavy atom. The second-order valence-electron chi connectivity index (χ2n) is 19.9. The van der Waals surface area contributed by atoms with Gasteiger partial charge in [0.25, 0.3) is 0 Å². The van der Waals surface area contributed by atoms with E-state index in [-0.39, 0.29) is 25.7 Å². The van der Waals surface area contributed by atoms with Crippen LogP contribution in [0.2, 0.25) is 0 Å². The molecular weight excluding hydrogens is 959 g/mol. The molecule has 0 aromatic carbocycles. The minimum absolute atomic E-state index is 0.102. The highest BCUT2D eigenvalue weighted by atomic mass is 31.2. The summed E-state index contributed by atoms with van der Waals surface area (Å²) >= 11 is 0. The quantitative estimate of drug-likeness (QED) is 0.0222. The van der Waals surface area contributed by atoms with Crippen molar-refractivity contribution in [3.63, 3.8) is 0 Å². The number of hydrogen-bond acceptors (Lipinski definition) is 15. The van der Waals surface area contributed by atoms with E-state index in [1.165, 1.54) is 32.1 Å². The number of unbranched alkanes of at least 4 members (excludes halogenated alkanes) is 21. The molecule has 0 aliphatic rings. The van der Waals surface area contributed by atoms with Crippen LogP contribution in [0.15, 0.2) is 0 Å². The van der Waals surface area contributed by atoms with E-state index in [1.807, 2.05) is 0 Å². The Balaban J connectivity index is 5.18. The summed E-state index contributed by atoms with van der Waals surface area (Å²) in [5.74, 6) is -0.796. The summed E-state index contributed by atoms with van der Waals surface area (Å²) < 4.78 is 67.1. The Morgan fingerprint density at radius 1 is 0.380 bits per heavy atom. The summed E-state index contributed by atoms with van der Waals surface area (Å²) in [5.41, 5.74) is 0. The molecule has 0 radical (unpaired) electrons. The number of hydrogen-bond donors (Lipinski definition) is 3. The van der Waals surface area contributed by atoms with Gasteiger partial charge in [-0.3, -0.25) is 37.3 Å². The number of phosphoric ester groups is 2. The van der Waals surface area contributed by atoms with Crippen molar-refractivity contribution in [2.75, 3.05) is 39.6 Å². The lowest BCUT2D eigenvalue weighted by Crippen LogP contribution is -2.30. The van der Waals surface area contributed by atoms with Gasteiger partial charge in [-0.1, -0.05) is 189 Å².